The van der Waals surface area contributed by atoms with E-state index in [4.69, 9.17) is 16.6 Å². The van der Waals surface area contributed by atoms with Gasteiger partial charge >= 0.3 is 0 Å². The molecule has 4 heteroatoms. The largest absolute Gasteiger partial charge is 0.356 e. The summed E-state index contributed by atoms with van der Waals surface area (Å²) in [7, 11) is 0. The highest BCUT2D eigenvalue weighted by Gasteiger charge is 2.20. The zero-order valence-electron chi connectivity index (χ0n) is 12.4. The summed E-state index contributed by atoms with van der Waals surface area (Å²) in [6.45, 7) is 10.7. The lowest BCUT2D eigenvalue weighted by Crippen LogP contribution is -2.27. The van der Waals surface area contributed by atoms with E-state index in [1.54, 1.807) is 0 Å². The van der Waals surface area contributed by atoms with Crippen molar-refractivity contribution in [2.45, 2.75) is 52.9 Å². The summed E-state index contributed by atoms with van der Waals surface area (Å²) in [5.41, 5.74) is 1.01. The molecule has 1 atom stereocenters. The number of hydrogen-bond acceptors (Lipinski definition) is 3. The number of anilines is 1. The topological polar surface area (TPSA) is 29.0 Å². The smallest absolute Gasteiger partial charge is 0.137 e. The van der Waals surface area contributed by atoms with Gasteiger partial charge in [-0.15, -0.1) is 0 Å². The predicted molar refractivity (Wildman–Crippen MR) is 81.1 cm³/mol. The first-order valence-electron chi connectivity index (χ1n) is 7.28. The maximum atomic E-state index is 6.27. The van der Waals surface area contributed by atoms with Crippen molar-refractivity contribution in [2.75, 3.05) is 18.0 Å². The van der Waals surface area contributed by atoms with Crippen molar-refractivity contribution in [3.05, 3.63) is 16.5 Å². The Bertz CT molecular complexity index is 445. The zero-order valence-corrected chi connectivity index (χ0v) is 13.2. The van der Waals surface area contributed by atoms with Gasteiger partial charge in [0.15, 0.2) is 0 Å². The normalized spacial score (nSPS) is 20.7. The van der Waals surface area contributed by atoms with Crippen molar-refractivity contribution >= 4 is 17.4 Å². The summed E-state index contributed by atoms with van der Waals surface area (Å²) in [5, 5.41) is 0.603. The molecule has 0 bridgehead atoms. The molecule has 0 N–H and O–H groups in total. The lowest BCUT2D eigenvalue weighted by molar-refractivity contribution is 0.521. The van der Waals surface area contributed by atoms with Gasteiger partial charge in [-0.25, -0.2) is 9.97 Å². The Balaban J connectivity index is 2.32. The van der Waals surface area contributed by atoms with Crippen molar-refractivity contribution in [3.63, 3.8) is 0 Å². The van der Waals surface area contributed by atoms with Gasteiger partial charge in [-0.05, 0) is 32.1 Å². The lowest BCUT2D eigenvalue weighted by Gasteiger charge is -2.24. The quantitative estimate of drug-likeness (QED) is 0.761. The highest BCUT2D eigenvalue weighted by atomic mass is 35.5. The Labute approximate surface area is 121 Å². The molecule has 3 nitrogen and oxygen atoms in total. The van der Waals surface area contributed by atoms with Crippen LogP contribution < -0.4 is 4.90 Å². The van der Waals surface area contributed by atoms with Gasteiger partial charge in [0.2, 0.25) is 0 Å². The second-order valence-electron chi connectivity index (χ2n) is 6.00. The fraction of sp³-hybridized carbons (Fsp3) is 0.733. The van der Waals surface area contributed by atoms with E-state index in [1.807, 2.05) is 6.92 Å². The van der Waals surface area contributed by atoms with E-state index in [0.29, 0.717) is 11.1 Å². The molecule has 1 unspecified atom stereocenters. The summed E-state index contributed by atoms with van der Waals surface area (Å²) in [4.78, 5) is 11.5. The van der Waals surface area contributed by atoms with Crippen LogP contribution in [0.3, 0.4) is 0 Å². The second-order valence-corrected chi connectivity index (χ2v) is 6.36. The first-order valence-corrected chi connectivity index (χ1v) is 7.65. The van der Waals surface area contributed by atoms with E-state index in [1.165, 1.54) is 19.3 Å². The number of hydrogen-bond donors (Lipinski definition) is 0. The summed E-state index contributed by atoms with van der Waals surface area (Å²) < 4.78 is 0. The van der Waals surface area contributed by atoms with Crippen LogP contribution in [0.1, 0.15) is 57.3 Å². The van der Waals surface area contributed by atoms with Crippen molar-refractivity contribution in [1.29, 1.82) is 0 Å². The molecule has 1 aliphatic heterocycles. The van der Waals surface area contributed by atoms with E-state index >= 15 is 0 Å². The average molecular weight is 282 g/mol. The first kappa shape index (κ1) is 14.6. The van der Waals surface area contributed by atoms with Crippen LogP contribution in [0.5, 0.6) is 0 Å². The fourth-order valence-corrected chi connectivity index (χ4v) is 2.71. The van der Waals surface area contributed by atoms with Gasteiger partial charge in [0, 0.05) is 24.6 Å². The standard InChI is InChI=1S/C15H24ClN3/c1-10(2)14-17-13(16)12(4)15(18-14)19-8-5-6-11(3)7-9-19/h10-11H,5-9H2,1-4H3. The van der Waals surface area contributed by atoms with Crippen molar-refractivity contribution in [3.8, 4) is 0 Å². The van der Waals surface area contributed by atoms with Crippen LogP contribution in [0.15, 0.2) is 0 Å². The molecule has 0 aliphatic carbocycles. The third-order valence-corrected chi connectivity index (χ3v) is 4.28. The lowest BCUT2D eigenvalue weighted by atomic mass is 10.0. The number of nitrogens with zero attached hydrogens (tertiary/aromatic N) is 3. The molecule has 2 rings (SSSR count). The van der Waals surface area contributed by atoms with Crippen LogP contribution >= 0.6 is 11.6 Å². The Morgan fingerprint density at radius 3 is 2.63 bits per heavy atom. The van der Waals surface area contributed by atoms with Gasteiger partial charge in [0.25, 0.3) is 0 Å². The molecule has 1 aliphatic rings. The summed E-state index contributed by atoms with van der Waals surface area (Å²) in [6, 6.07) is 0. The minimum absolute atomic E-state index is 0.308. The van der Waals surface area contributed by atoms with E-state index in [0.717, 1.165) is 36.2 Å². The molecule has 0 radical (unpaired) electrons. The first-order chi connectivity index (χ1) is 8.99. The maximum Gasteiger partial charge on any atom is 0.137 e. The Kier molecular flexibility index (Phi) is 4.67. The molecule has 0 aromatic carbocycles. The minimum Gasteiger partial charge on any atom is -0.356 e. The Morgan fingerprint density at radius 1 is 1.21 bits per heavy atom. The van der Waals surface area contributed by atoms with Gasteiger partial charge in [0.05, 0.1) is 0 Å². The monoisotopic (exact) mass is 281 g/mol. The Morgan fingerprint density at radius 2 is 1.95 bits per heavy atom. The van der Waals surface area contributed by atoms with Gasteiger partial charge in [-0.3, -0.25) is 0 Å². The molecule has 2 heterocycles. The van der Waals surface area contributed by atoms with Crippen LogP contribution in [0, 0.1) is 12.8 Å². The van der Waals surface area contributed by atoms with Crippen molar-refractivity contribution in [1.82, 2.24) is 9.97 Å². The number of aromatic nitrogens is 2. The Hall–Kier alpha value is -0.830. The van der Waals surface area contributed by atoms with Gasteiger partial charge < -0.3 is 4.90 Å². The number of halogens is 1. The molecule has 19 heavy (non-hydrogen) atoms. The van der Waals surface area contributed by atoms with E-state index in [-0.39, 0.29) is 0 Å². The molecule has 1 fully saturated rings. The summed E-state index contributed by atoms with van der Waals surface area (Å²) in [5.74, 6) is 3.01. The third kappa shape index (κ3) is 3.38. The van der Waals surface area contributed by atoms with E-state index in [9.17, 15) is 0 Å². The van der Waals surface area contributed by atoms with Crippen LogP contribution in [0.2, 0.25) is 5.15 Å². The van der Waals surface area contributed by atoms with Gasteiger partial charge in [-0.1, -0.05) is 32.4 Å². The van der Waals surface area contributed by atoms with Crippen molar-refractivity contribution < 1.29 is 0 Å². The maximum absolute atomic E-state index is 6.27. The van der Waals surface area contributed by atoms with E-state index < -0.39 is 0 Å². The van der Waals surface area contributed by atoms with Gasteiger partial charge in [-0.2, -0.15) is 0 Å². The molecule has 0 spiro atoms. The summed E-state index contributed by atoms with van der Waals surface area (Å²) in [6.07, 6.45) is 3.78. The highest BCUT2D eigenvalue weighted by Crippen LogP contribution is 2.28. The molecule has 1 aromatic heterocycles. The van der Waals surface area contributed by atoms with Gasteiger partial charge in [0.1, 0.15) is 16.8 Å². The number of rotatable bonds is 2. The van der Waals surface area contributed by atoms with Crippen molar-refractivity contribution in [2.24, 2.45) is 5.92 Å². The van der Waals surface area contributed by atoms with Crippen LogP contribution in [-0.4, -0.2) is 23.1 Å². The molecule has 0 amide bonds. The SMILES string of the molecule is Cc1c(Cl)nc(C(C)C)nc1N1CCCC(C)CC1. The van der Waals surface area contributed by atoms with Crippen LogP contribution in [-0.2, 0) is 0 Å². The average Bonchev–Trinajstić information content (AvgIpc) is 2.57. The van der Waals surface area contributed by atoms with Crippen LogP contribution in [0.4, 0.5) is 5.82 Å². The minimum atomic E-state index is 0.308. The van der Waals surface area contributed by atoms with E-state index in [2.05, 4.69) is 30.7 Å². The highest BCUT2D eigenvalue weighted by molar-refractivity contribution is 6.30. The van der Waals surface area contributed by atoms with Crippen LogP contribution in [0.25, 0.3) is 0 Å². The fourth-order valence-electron chi connectivity index (χ4n) is 2.53. The molecular weight excluding hydrogens is 258 g/mol. The molecular formula is C15H24ClN3. The molecule has 106 valence electrons. The molecule has 0 saturated carbocycles. The predicted octanol–water partition coefficient (Wildman–Crippen LogP) is 4.19. The second kappa shape index (κ2) is 6.08. The molecule has 1 saturated heterocycles. The zero-order chi connectivity index (χ0) is 14.0. The third-order valence-electron chi connectivity index (χ3n) is 3.91. The summed E-state index contributed by atoms with van der Waals surface area (Å²) >= 11 is 6.27. The molecule has 1 aromatic rings.